The maximum Gasteiger partial charge on any atom is 0.168 e. The third-order valence-electron chi connectivity index (χ3n) is 3.70. The third kappa shape index (κ3) is 3.42. The Hall–Kier alpha value is -2.28. The van der Waals surface area contributed by atoms with Crippen molar-refractivity contribution in [2.45, 2.75) is 43.9 Å². The lowest BCUT2D eigenvalue weighted by atomic mass is 10.3. The van der Waals surface area contributed by atoms with Crippen molar-refractivity contribution in [2.24, 2.45) is 0 Å². The Labute approximate surface area is 151 Å². The van der Waals surface area contributed by atoms with Crippen LogP contribution in [0.3, 0.4) is 0 Å². The van der Waals surface area contributed by atoms with E-state index in [2.05, 4.69) is 30.9 Å². The van der Waals surface area contributed by atoms with Crippen molar-refractivity contribution in [3.8, 4) is 17.1 Å². The number of carbonyl (C=O) groups is 1. The summed E-state index contributed by atoms with van der Waals surface area (Å²) in [7, 11) is 1.67. The summed E-state index contributed by atoms with van der Waals surface area (Å²) < 4.78 is 9.27. The van der Waals surface area contributed by atoms with Crippen LogP contribution in [0.1, 0.15) is 38.2 Å². The number of pyridine rings is 1. The van der Waals surface area contributed by atoms with Crippen molar-refractivity contribution < 1.29 is 9.53 Å². The van der Waals surface area contributed by atoms with Crippen LogP contribution in [0.15, 0.2) is 29.4 Å². The molecule has 25 heavy (non-hydrogen) atoms. The van der Waals surface area contributed by atoms with Crippen LogP contribution in [0.5, 0.6) is 5.75 Å². The van der Waals surface area contributed by atoms with Gasteiger partial charge in [-0.05, 0) is 13.0 Å². The fourth-order valence-corrected chi connectivity index (χ4v) is 3.71. The summed E-state index contributed by atoms with van der Waals surface area (Å²) in [5.74, 6) is 0.803. The topological polar surface area (TPSA) is 61.4 Å². The van der Waals surface area contributed by atoms with E-state index in [9.17, 15) is 4.79 Å². The van der Waals surface area contributed by atoms with E-state index < -0.39 is 0 Å². The summed E-state index contributed by atoms with van der Waals surface area (Å²) in [6.07, 6.45) is 4.63. The minimum Gasteiger partial charge on any atom is -0.495 e. The zero-order valence-corrected chi connectivity index (χ0v) is 15.9. The summed E-state index contributed by atoms with van der Waals surface area (Å²) in [6, 6.07) is 3.72. The second kappa shape index (κ2) is 6.55. The van der Waals surface area contributed by atoms with Crippen LogP contribution in [0.2, 0.25) is 0 Å². The summed E-state index contributed by atoms with van der Waals surface area (Å²) in [4.78, 5) is 16.7. The number of aromatic nitrogens is 4. The highest BCUT2D eigenvalue weighted by atomic mass is 32.2. The maximum atomic E-state index is 11.2. The summed E-state index contributed by atoms with van der Waals surface area (Å²) in [6.45, 7) is 9.09. The van der Waals surface area contributed by atoms with Gasteiger partial charge < -0.3 is 4.74 Å². The van der Waals surface area contributed by atoms with Crippen LogP contribution < -0.4 is 4.74 Å². The quantitative estimate of drug-likeness (QED) is 0.511. The van der Waals surface area contributed by atoms with Crippen molar-refractivity contribution >= 4 is 23.7 Å². The average molecular weight is 358 g/mol. The molecule has 0 unspecified atom stereocenters. The molecule has 132 valence electrons. The molecule has 0 amide bonds. The molecule has 0 aliphatic heterocycles. The molecular formula is C18H22N4O2S. The Morgan fingerprint density at radius 1 is 1.32 bits per heavy atom. The highest BCUT2D eigenvalue weighted by Gasteiger charge is 2.19. The molecule has 7 heteroatoms. The van der Waals surface area contributed by atoms with Crippen molar-refractivity contribution in [3.05, 3.63) is 30.2 Å². The second-order valence-corrected chi connectivity index (χ2v) is 8.55. The molecule has 0 bridgehead atoms. The van der Waals surface area contributed by atoms with Gasteiger partial charge in [-0.3, -0.25) is 13.9 Å². The van der Waals surface area contributed by atoms with E-state index in [0.717, 1.165) is 34.0 Å². The molecule has 0 saturated heterocycles. The number of aryl methyl sites for hydroxylation is 1. The van der Waals surface area contributed by atoms with Crippen molar-refractivity contribution in [1.82, 2.24) is 19.2 Å². The van der Waals surface area contributed by atoms with Crippen LogP contribution in [0.25, 0.3) is 17.0 Å². The number of carbonyl (C=O) groups excluding carboxylic acids is 1. The number of ether oxygens (including phenoxy) is 1. The number of nitrogens with zero attached hydrogens (tertiary/aromatic N) is 4. The van der Waals surface area contributed by atoms with E-state index in [0.29, 0.717) is 12.2 Å². The zero-order chi connectivity index (χ0) is 18.2. The fraction of sp³-hybridized carbons (Fsp3) is 0.389. The molecule has 0 saturated carbocycles. The van der Waals surface area contributed by atoms with Gasteiger partial charge in [-0.1, -0.05) is 20.8 Å². The van der Waals surface area contributed by atoms with Gasteiger partial charge in [-0.25, -0.2) is 4.98 Å². The number of thioether (sulfide) groups is 1. The van der Waals surface area contributed by atoms with E-state index >= 15 is 0 Å². The SMILES string of the molecule is CCn1nc(-c2cnc3cc(OC)c(SC(C)(C)C)cn23)cc1C=O. The van der Waals surface area contributed by atoms with Gasteiger partial charge in [-0.2, -0.15) is 5.10 Å². The number of imidazole rings is 1. The van der Waals surface area contributed by atoms with Crippen molar-refractivity contribution in [2.75, 3.05) is 7.11 Å². The highest BCUT2D eigenvalue weighted by molar-refractivity contribution is 8.00. The van der Waals surface area contributed by atoms with Crippen LogP contribution in [0, 0.1) is 0 Å². The largest absolute Gasteiger partial charge is 0.495 e. The Morgan fingerprint density at radius 2 is 2.08 bits per heavy atom. The predicted octanol–water partition coefficient (Wildman–Crippen LogP) is 3.93. The Bertz CT molecular complexity index is 921. The molecule has 3 heterocycles. The van der Waals surface area contributed by atoms with E-state index in [4.69, 9.17) is 4.74 Å². The first kappa shape index (κ1) is 17.5. The first-order valence-electron chi connectivity index (χ1n) is 8.13. The van der Waals surface area contributed by atoms with Gasteiger partial charge in [0.1, 0.15) is 22.8 Å². The van der Waals surface area contributed by atoms with Crippen LogP contribution in [-0.4, -0.2) is 37.3 Å². The lowest BCUT2D eigenvalue weighted by Gasteiger charge is -2.19. The molecule has 3 rings (SSSR count). The van der Waals surface area contributed by atoms with Crippen molar-refractivity contribution in [1.29, 1.82) is 0 Å². The number of aldehydes is 1. The number of rotatable bonds is 5. The van der Waals surface area contributed by atoms with Gasteiger partial charge in [0, 0.05) is 23.6 Å². The van der Waals surface area contributed by atoms with E-state index in [1.807, 2.05) is 23.6 Å². The Kier molecular flexibility index (Phi) is 4.60. The van der Waals surface area contributed by atoms with E-state index in [1.165, 1.54) is 0 Å². The smallest absolute Gasteiger partial charge is 0.168 e. The zero-order valence-electron chi connectivity index (χ0n) is 15.1. The van der Waals surface area contributed by atoms with E-state index in [1.54, 1.807) is 35.8 Å². The van der Waals surface area contributed by atoms with Gasteiger partial charge >= 0.3 is 0 Å². The molecule has 0 spiro atoms. The lowest BCUT2D eigenvalue weighted by Crippen LogP contribution is -2.07. The molecule has 0 aliphatic carbocycles. The van der Waals surface area contributed by atoms with Crippen LogP contribution in [0.4, 0.5) is 0 Å². The van der Waals surface area contributed by atoms with Crippen LogP contribution in [-0.2, 0) is 6.54 Å². The number of hydrogen-bond acceptors (Lipinski definition) is 5. The second-order valence-electron chi connectivity index (χ2n) is 6.68. The Balaban J connectivity index is 2.15. The van der Waals surface area contributed by atoms with E-state index in [-0.39, 0.29) is 4.75 Å². The number of methoxy groups -OCH3 is 1. The molecule has 0 N–H and O–H groups in total. The van der Waals surface area contributed by atoms with Crippen LogP contribution >= 0.6 is 11.8 Å². The Morgan fingerprint density at radius 3 is 2.64 bits per heavy atom. The monoisotopic (exact) mass is 358 g/mol. The third-order valence-corrected chi connectivity index (χ3v) is 4.84. The molecule has 0 radical (unpaired) electrons. The lowest BCUT2D eigenvalue weighted by molar-refractivity contribution is 0.111. The molecule has 0 atom stereocenters. The highest BCUT2D eigenvalue weighted by Crippen LogP contribution is 2.39. The summed E-state index contributed by atoms with van der Waals surface area (Å²) in [5.41, 5.74) is 2.92. The molecule has 0 aromatic carbocycles. The molecular weight excluding hydrogens is 336 g/mol. The average Bonchev–Trinajstić information content (AvgIpc) is 3.15. The van der Waals surface area contributed by atoms with Gasteiger partial charge in [0.15, 0.2) is 6.29 Å². The molecule has 3 aromatic heterocycles. The minimum absolute atomic E-state index is 0.0518. The maximum absolute atomic E-state index is 11.2. The standard InChI is InChI=1S/C18H22N4O2S/c1-6-22-12(11-23)7-13(20-22)14-9-19-17-8-15(24-5)16(10-21(14)17)25-18(2,3)4/h7-11H,6H2,1-5H3. The minimum atomic E-state index is 0.0518. The summed E-state index contributed by atoms with van der Waals surface area (Å²) in [5, 5.41) is 4.53. The molecule has 0 aliphatic rings. The van der Waals surface area contributed by atoms with Gasteiger partial charge in [0.25, 0.3) is 0 Å². The number of hydrogen-bond donors (Lipinski definition) is 0. The number of fused-ring (bicyclic) bond motifs is 1. The molecule has 0 fully saturated rings. The van der Waals surface area contributed by atoms with Crippen molar-refractivity contribution in [3.63, 3.8) is 0 Å². The van der Waals surface area contributed by atoms with Gasteiger partial charge in [0.2, 0.25) is 0 Å². The molecule has 3 aromatic rings. The summed E-state index contributed by atoms with van der Waals surface area (Å²) >= 11 is 1.74. The molecule has 6 nitrogen and oxygen atoms in total. The normalized spacial score (nSPS) is 11.9. The first-order chi connectivity index (χ1) is 11.9. The fourth-order valence-electron chi connectivity index (χ4n) is 2.65. The first-order valence-corrected chi connectivity index (χ1v) is 8.95. The predicted molar refractivity (Wildman–Crippen MR) is 99.6 cm³/mol. The van der Waals surface area contributed by atoms with Gasteiger partial charge in [-0.15, -0.1) is 11.8 Å². The van der Waals surface area contributed by atoms with Gasteiger partial charge in [0.05, 0.1) is 23.9 Å².